The van der Waals surface area contributed by atoms with Gasteiger partial charge in [0.05, 0.1) is 17.9 Å². The third kappa shape index (κ3) is 3.32. The molecule has 0 unspecified atom stereocenters. The molecule has 1 aromatic heterocycles. The van der Waals surface area contributed by atoms with Crippen molar-refractivity contribution in [3.8, 4) is 0 Å². The number of rotatable bonds is 4. The molecule has 0 aromatic carbocycles. The van der Waals surface area contributed by atoms with Gasteiger partial charge in [0, 0.05) is 5.69 Å². The molecule has 4 heteroatoms. The summed E-state index contributed by atoms with van der Waals surface area (Å²) in [4.78, 5) is 15.0. The van der Waals surface area contributed by atoms with Crippen molar-refractivity contribution >= 4 is 5.97 Å². The molecule has 1 rings (SSSR count). The molecule has 4 nitrogen and oxygen atoms in total. The Morgan fingerprint density at radius 2 is 2.00 bits per heavy atom. The molecule has 0 aliphatic rings. The Hall–Kier alpha value is -1.42. The van der Waals surface area contributed by atoms with Crippen molar-refractivity contribution in [3.05, 3.63) is 29.1 Å². The number of nitrogens with zero attached hydrogens (tertiary/aromatic N) is 1. The molecule has 0 bridgehead atoms. The standard InChI is InChI=1S/C11H15NO3/c1-7(2)3-9-4-8(11(14)15)5-10(6-13)12-9/h4-5,7,13H,3,6H2,1-2H3,(H,14,15). The Kier molecular flexibility index (Phi) is 3.80. The largest absolute Gasteiger partial charge is 0.478 e. The number of hydrogen-bond donors (Lipinski definition) is 2. The molecule has 82 valence electrons. The zero-order chi connectivity index (χ0) is 11.4. The minimum absolute atomic E-state index is 0.185. The minimum Gasteiger partial charge on any atom is -0.478 e. The van der Waals surface area contributed by atoms with Gasteiger partial charge in [-0.1, -0.05) is 13.8 Å². The molecule has 0 aliphatic carbocycles. The zero-order valence-electron chi connectivity index (χ0n) is 8.90. The Bertz CT molecular complexity index is 361. The van der Waals surface area contributed by atoms with Crippen molar-refractivity contribution in [2.45, 2.75) is 26.9 Å². The topological polar surface area (TPSA) is 70.4 Å². The van der Waals surface area contributed by atoms with E-state index in [2.05, 4.69) is 4.98 Å². The first-order valence-electron chi connectivity index (χ1n) is 4.87. The fourth-order valence-corrected chi connectivity index (χ4v) is 1.38. The number of aromatic carboxylic acids is 1. The number of hydrogen-bond acceptors (Lipinski definition) is 3. The predicted octanol–water partition coefficient (Wildman–Crippen LogP) is 1.47. The van der Waals surface area contributed by atoms with E-state index in [-0.39, 0.29) is 12.2 Å². The number of carboxylic acid groups (broad SMARTS) is 1. The van der Waals surface area contributed by atoms with Crippen LogP contribution in [0.25, 0.3) is 0 Å². The molecular formula is C11H15NO3. The summed E-state index contributed by atoms with van der Waals surface area (Å²) in [5.74, 6) is -0.579. The molecule has 0 amide bonds. The molecule has 0 saturated carbocycles. The third-order valence-corrected chi connectivity index (χ3v) is 1.96. The Morgan fingerprint density at radius 3 is 2.47 bits per heavy atom. The summed E-state index contributed by atoms with van der Waals surface area (Å²) in [6.45, 7) is 3.84. The average molecular weight is 209 g/mol. The molecule has 1 aromatic rings. The van der Waals surface area contributed by atoms with Gasteiger partial charge < -0.3 is 10.2 Å². The molecule has 2 N–H and O–H groups in total. The van der Waals surface area contributed by atoms with E-state index < -0.39 is 5.97 Å². The highest BCUT2D eigenvalue weighted by Crippen LogP contribution is 2.10. The first kappa shape index (κ1) is 11.7. The summed E-state index contributed by atoms with van der Waals surface area (Å²) >= 11 is 0. The van der Waals surface area contributed by atoms with Crippen molar-refractivity contribution < 1.29 is 15.0 Å². The Balaban J connectivity index is 3.05. The summed E-state index contributed by atoms with van der Waals surface area (Å²) in [6, 6.07) is 2.95. The lowest BCUT2D eigenvalue weighted by molar-refractivity contribution is 0.0696. The lowest BCUT2D eigenvalue weighted by Crippen LogP contribution is -2.05. The van der Waals surface area contributed by atoms with Crippen LogP contribution in [-0.2, 0) is 13.0 Å². The number of pyridine rings is 1. The lowest BCUT2D eigenvalue weighted by Gasteiger charge is -2.07. The van der Waals surface area contributed by atoms with Gasteiger partial charge in [0.25, 0.3) is 0 Å². The van der Waals surface area contributed by atoms with Gasteiger partial charge in [-0.25, -0.2) is 4.79 Å². The van der Waals surface area contributed by atoms with Crippen LogP contribution < -0.4 is 0 Å². The molecule has 0 saturated heterocycles. The number of carboxylic acids is 1. The van der Waals surface area contributed by atoms with E-state index in [9.17, 15) is 4.79 Å². The summed E-state index contributed by atoms with van der Waals surface area (Å²) < 4.78 is 0. The summed E-state index contributed by atoms with van der Waals surface area (Å²) in [7, 11) is 0. The van der Waals surface area contributed by atoms with Gasteiger partial charge in [-0.05, 0) is 24.5 Å². The van der Waals surface area contributed by atoms with Crippen molar-refractivity contribution in [1.82, 2.24) is 4.98 Å². The number of aliphatic hydroxyl groups is 1. The van der Waals surface area contributed by atoms with Gasteiger partial charge in [0.15, 0.2) is 0 Å². The first-order valence-corrected chi connectivity index (χ1v) is 4.87. The maximum atomic E-state index is 10.8. The van der Waals surface area contributed by atoms with E-state index in [4.69, 9.17) is 10.2 Å². The van der Waals surface area contributed by atoms with Crippen molar-refractivity contribution in [3.63, 3.8) is 0 Å². The van der Waals surface area contributed by atoms with Crippen LogP contribution in [0.3, 0.4) is 0 Å². The summed E-state index contributed by atoms with van der Waals surface area (Å²) in [5.41, 5.74) is 1.31. The monoisotopic (exact) mass is 209 g/mol. The Labute approximate surface area is 88.6 Å². The van der Waals surface area contributed by atoms with Crippen LogP contribution in [0.4, 0.5) is 0 Å². The van der Waals surface area contributed by atoms with Crippen LogP contribution in [0, 0.1) is 5.92 Å². The number of carbonyl (C=O) groups is 1. The summed E-state index contributed by atoms with van der Waals surface area (Å²) in [6.07, 6.45) is 0.716. The van der Waals surface area contributed by atoms with E-state index in [0.29, 0.717) is 23.7 Å². The van der Waals surface area contributed by atoms with Crippen molar-refractivity contribution in [2.75, 3.05) is 0 Å². The molecule has 0 radical (unpaired) electrons. The zero-order valence-corrected chi connectivity index (χ0v) is 8.90. The average Bonchev–Trinajstić information content (AvgIpc) is 2.16. The maximum Gasteiger partial charge on any atom is 0.335 e. The highest BCUT2D eigenvalue weighted by atomic mass is 16.4. The molecule has 0 fully saturated rings. The van der Waals surface area contributed by atoms with Gasteiger partial charge in [-0.15, -0.1) is 0 Å². The Morgan fingerprint density at radius 1 is 1.40 bits per heavy atom. The fourth-order valence-electron chi connectivity index (χ4n) is 1.38. The predicted molar refractivity (Wildman–Crippen MR) is 55.7 cm³/mol. The first-order chi connectivity index (χ1) is 7.02. The van der Waals surface area contributed by atoms with Crippen LogP contribution in [-0.4, -0.2) is 21.2 Å². The second kappa shape index (κ2) is 4.89. The lowest BCUT2D eigenvalue weighted by atomic mass is 10.1. The van der Waals surface area contributed by atoms with E-state index in [1.165, 1.54) is 6.07 Å². The third-order valence-electron chi connectivity index (χ3n) is 1.96. The van der Waals surface area contributed by atoms with Crippen LogP contribution in [0.15, 0.2) is 12.1 Å². The quantitative estimate of drug-likeness (QED) is 0.787. The molecule has 0 aliphatic heterocycles. The molecule has 0 atom stereocenters. The van der Waals surface area contributed by atoms with Gasteiger partial charge in [0.2, 0.25) is 0 Å². The smallest absolute Gasteiger partial charge is 0.335 e. The van der Waals surface area contributed by atoms with Crippen LogP contribution in [0.2, 0.25) is 0 Å². The minimum atomic E-state index is -0.989. The van der Waals surface area contributed by atoms with Gasteiger partial charge in [-0.3, -0.25) is 4.98 Å². The van der Waals surface area contributed by atoms with Gasteiger partial charge in [0.1, 0.15) is 0 Å². The number of aliphatic hydroxyl groups excluding tert-OH is 1. The molecular weight excluding hydrogens is 194 g/mol. The molecule has 0 spiro atoms. The van der Waals surface area contributed by atoms with Gasteiger partial charge >= 0.3 is 5.97 Å². The van der Waals surface area contributed by atoms with Crippen LogP contribution in [0.1, 0.15) is 35.6 Å². The summed E-state index contributed by atoms with van der Waals surface area (Å²) in [5, 5.41) is 17.8. The van der Waals surface area contributed by atoms with Crippen molar-refractivity contribution in [2.24, 2.45) is 5.92 Å². The highest BCUT2D eigenvalue weighted by molar-refractivity contribution is 5.87. The fraction of sp³-hybridized carbons (Fsp3) is 0.455. The molecule has 15 heavy (non-hydrogen) atoms. The normalized spacial score (nSPS) is 10.7. The van der Waals surface area contributed by atoms with E-state index in [0.717, 1.165) is 0 Å². The maximum absolute atomic E-state index is 10.8. The van der Waals surface area contributed by atoms with Gasteiger partial charge in [-0.2, -0.15) is 0 Å². The van der Waals surface area contributed by atoms with Crippen LogP contribution >= 0.6 is 0 Å². The van der Waals surface area contributed by atoms with E-state index in [1.54, 1.807) is 6.07 Å². The number of aromatic nitrogens is 1. The molecule has 1 heterocycles. The highest BCUT2D eigenvalue weighted by Gasteiger charge is 2.09. The van der Waals surface area contributed by atoms with Crippen LogP contribution in [0.5, 0.6) is 0 Å². The SMILES string of the molecule is CC(C)Cc1cc(C(=O)O)cc(CO)n1. The second-order valence-corrected chi connectivity index (χ2v) is 3.90. The van der Waals surface area contributed by atoms with E-state index >= 15 is 0 Å². The van der Waals surface area contributed by atoms with Crippen molar-refractivity contribution in [1.29, 1.82) is 0 Å². The second-order valence-electron chi connectivity index (χ2n) is 3.90. The van der Waals surface area contributed by atoms with E-state index in [1.807, 2.05) is 13.8 Å².